The number of carbonyl (C=O) groups is 1. The highest BCUT2D eigenvalue weighted by Gasteiger charge is 2.47. The van der Waals surface area contributed by atoms with Crippen molar-refractivity contribution in [2.24, 2.45) is 0 Å². The first-order chi connectivity index (χ1) is 13.5. The highest BCUT2D eigenvalue weighted by molar-refractivity contribution is 5.75. The predicted molar refractivity (Wildman–Crippen MR) is 107 cm³/mol. The summed E-state index contributed by atoms with van der Waals surface area (Å²) in [4.78, 5) is 18.9. The number of imidazole rings is 1. The Morgan fingerprint density at radius 1 is 1.29 bits per heavy atom. The number of nitrogens with zero attached hydrogens (tertiary/aromatic N) is 3. The molecular weight excluding hydrogens is 354 g/mol. The molecule has 1 fully saturated rings. The van der Waals surface area contributed by atoms with Gasteiger partial charge in [0.2, 0.25) is 5.91 Å². The molecule has 0 radical (unpaired) electrons. The standard InChI is InChI=1S/C22H29N3O3/c1-15(2)21-23-19-17-7-5-6-8-18(17)28-22(20(19)25(21)13-14-27-4)9-11-24(12-10-22)16(3)26/h5-8,15H,9-14H2,1-4H3. The van der Waals surface area contributed by atoms with Crippen molar-refractivity contribution in [3.05, 3.63) is 35.8 Å². The Kier molecular flexibility index (Phi) is 4.91. The first kappa shape index (κ1) is 19.0. The molecule has 1 saturated heterocycles. The number of methoxy groups -OCH3 is 1. The normalized spacial score (nSPS) is 17.4. The van der Waals surface area contributed by atoms with Crippen LogP contribution in [0, 0.1) is 0 Å². The Morgan fingerprint density at radius 3 is 2.64 bits per heavy atom. The Hall–Kier alpha value is -2.34. The van der Waals surface area contributed by atoms with Crippen molar-refractivity contribution in [1.29, 1.82) is 0 Å². The summed E-state index contributed by atoms with van der Waals surface area (Å²) in [6.45, 7) is 8.76. The lowest BCUT2D eigenvalue weighted by Gasteiger charge is -2.44. The maximum absolute atomic E-state index is 11.9. The minimum atomic E-state index is -0.455. The third kappa shape index (κ3) is 3.00. The van der Waals surface area contributed by atoms with Gasteiger partial charge in [0.1, 0.15) is 11.6 Å². The summed E-state index contributed by atoms with van der Waals surface area (Å²) < 4.78 is 14.4. The molecule has 6 heteroatoms. The van der Waals surface area contributed by atoms with Crippen molar-refractivity contribution >= 4 is 5.91 Å². The van der Waals surface area contributed by atoms with Crippen LogP contribution in [0.5, 0.6) is 5.75 Å². The van der Waals surface area contributed by atoms with Crippen LogP contribution in [0.3, 0.4) is 0 Å². The second-order valence-electron chi connectivity index (χ2n) is 8.06. The van der Waals surface area contributed by atoms with Gasteiger partial charge in [0.15, 0.2) is 5.60 Å². The number of hydrogen-bond donors (Lipinski definition) is 0. The predicted octanol–water partition coefficient (Wildman–Crippen LogP) is 3.55. The Morgan fingerprint density at radius 2 is 2.00 bits per heavy atom. The number of amides is 1. The molecule has 0 N–H and O–H groups in total. The second kappa shape index (κ2) is 7.24. The zero-order chi connectivity index (χ0) is 19.9. The summed E-state index contributed by atoms with van der Waals surface area (Å²) in [5, 5.41) is 0. The molecule has 2 aromatic rings. The van der Waals surface area contributed by atoms with E-state index in [9.17, 15) is 4.79 Å². The topological polar surface area (TPSA) is 56.6 Å². The van der Waals surface area contributed by atoms with E-state index in [1.54, 1.807) is 14.0 Å². The van der Waals surface area contributed by atoms with E-state index in [4.69, 9.17) is 14.5 Å². The zero-order valence-electron chi connectivity index (χ0n) is 17.2. The molecule has 28 heavy (non-hydrogen) atoms. The number of likely N-dealkylation sites (tertiary alicyclic amines) is 1. The number of hydrogen-bond acceptors (Lipinski definition) is 4. The van der Waals surface area contributed by atoms with Crippen LogP contribution in [0.4, 0.5) is 0 Å². The Labute approximate surface area is 166 Å². The van der Waals surface area contributed by atoms with E-state index in [1.807, 2.05) is 23.1 Å². The van der Waals surface area contributed by atoms with Gasteiger partial charge in [-0.05, 0) is 12.1 Å². The average molecular weight is 383 g/mol. The lowest BCUT2D eigenvalue weighted by Crippen LogP contribution is -2.49. The fourth-order valence-electron chi connectivity index (χ4n) is 4.50. The summed E-state index contributed by atoms with van der Waals surface area (Å²) in [7, 11) is 1.73. The quantitative estimate of drug-likeness (QED) is 0.810. The number of para-hydroxylation sites is 1. The minimum absolute atomic E-state index is 0.127. The number of fused-ring (bicyclic) bond motifs is 4. The number of aromatic nitrogens is 2. The van der Waals surface area contributed by atoms with Crippen molar-refractivity contribution in [2.75, 3.05) is 26.8 Å². The first-order valence-corrected chi connectivity index (χ1v) is 10.1. The number of rotatable bonds is 4. The van der Waals surface area contributed by atoms with Crippen LogP contribution in [0.2, 0.25) is 0 Å². The van der Waals surface area contributed by atoms with Crippen molar-refractivity contribution in [1.82, 2.24) is 14.5 Å². The van der Waals surface area contributed by atoms with E-state index in [-0.39, 0.29) is 5.91 Å². The molecule has 0 saturated carbocycles. The molecule has 1 spiro atoms. The van der Waals surface area contributed by atoms with Gasteiger partial charge < -0.3 is 18.9 Å². The molecule has 3 heterocycles. The molecule has 150 valence electrons. The van der Waals surface area contributed by atoms with Crippen molar-refractivity contribution in [2.45, 2.75) is 51.7 Å². The van der Waals surface area contributed by atoms with Crippen LogP contribution in [0.1, 0.15) is 51.0 Å². The number of ether oxygens (including phenoxy) is 2. The SMILES string of the molecule is COCCn1c(C(C)C)nc2c1C1(CCN(C(C)=O)CC1)Oc1ccccc1-2. The highest BCUT2D eigenvalue weighted by atomic mass is 16.5. The highest BCUT2D eigenvalue weighted by Crippen LogP contribution is 2.50. The number of piperidine rings is 1. The molecule has 0 unspecified atom stereocenters. The van der Waals surface area contributed by atoms with Gasteiger partial charge in [0, 0.05) is 58.0 Å². The van der Waals surface area contributed by atoms with E-state index >= 15 is 0 Å². The summed E-state index contributed by atoms with van der Waals surface area (Å²) >= 11 is 0. The Bertz CT molecular complexity index is 879. The van der Waals surface area contributed by atoms with Crippen molar-refractivity contribution < 1.29 is 14.3 Å². The van der Waals surface area contributed by atoms with E-state index in [2.05, 4.69) is 24.5 Å². The largest absolute Gasteiger partial charge is 0.480 e. The molecule has 0 bridgehead atoms. The van der Waals surface area contributed by atoms with Gasteiger partial charge in [-0.3, -0.25) is 4.79 Å². The van der Waals surface area contributed by atoms with Gasteiger partial charge in [0.25, 0.3) is 0 Å². The van der Waals surface area contributed by atoms with E-state index in [0.29, 0.717) is 25.6 Å². The molecule has 1 aromatic carbocycles. The molecule has 0 aliphatic carbocycles. The molecule has 2 aliphatic rings. The van der Waals surface area contributed by atoms with Gasteiger partial charge in [-0.15, -0.1) is 0 Å². The summed E-state index contributed by atoms with van der Waals surface area (Å²) in [5.74, 6) is 2.37. The van der Waals surface area contributed by atoms with Gasteiger partial charge in [-0.25, -0.2) is 4.98 Å². The van der Waals surface area contributed by atoms with Crippen LogP contribution in [-0.2, 0) is 21.7 Å². The van der Waals surface area contributed by atoms with Crippen LogP contribution in [0.25, 0.3) is 11.3 Å². The van der Waals surface area contributed by atoms with Crippen LogP contribution < -0.4 is 4.74 Å². The fourth-order valence-corrected chi connectivity index (χ4v) is 4.50. The van der Waals surface area contributed by atoms with Crippen LogP contribution in [0.15, 0.2) is 24.3 Å². The maximum atomic E-state index is 11.9. The number of carbonyl (C=O) groups excluding carboxylic acids is 1. The monoisotopic (exact) mass is 383 g/mol. The zero-order valence-corrected chi connectivity index (χ0v) is 17.2. The van der Waals surface area contributed by atoms with Crippen LogP contribution in [-0.4, -0.2) is 47.2 Å². The van der Waals surface area contributed by atoms with Crippen molar-refractivity contribution in [3.8, 4) is 17.0 Å². The third-order valence-electron chi connectivity index (χ3n) is 5.93. The summed E-state index contributed by atoms with van der Waals surface area (Å²) in [5.41, 5.74) is 2.77. The van der Waals surface area contributed by atoms with Gasteiger partial charge in [0.05, 0.1) is 18.0 Å². The molecule has 1 amide bonds. The molecule has 4 rings (SSSR count). The van der Waals surface area contributed by atoms with Gasteiger partial charge in [-0.2, -0.15) is 0 Å². The van der Waals surface area contributed by atoms with E-state index in [1.165, 1.54) is 0 Å². The minimum Gasteiger partial charge on any atom is -0.480 e. The summed E-state index contributed by atoms with van der Waals surface area (Å²) in [6.07, 6.45) is 1.54. The molecule has 1 aromatic heterocycles. The van der Waals surface area contributed by atoms with E-state index < -0.39 is 5.60 Å². The Balaban J connectivity index is 1.87. The first-order valence-electron chi connectivity index (χ1n) is 10.1. The lowest BCUT2D eigenvalue weighted by molar-refractivity contribution is -0.132. The van der Waals surface area contributed by atoms with Gasteiger partial charge >= 0.3 is 0 Å². The molecular formula is C22H29N3O3. The van der Waals surface area contributed by atoms with Crippen LogP contribution >= 0.6 is 0 Å². The van der Waals surface area contributed by atoms with Crippen molar-refractivity contribution in [3.63, 3.8) is 0 Å². The second-order valence-corrected chi connectivity index (χ2v) is 8.06. The number of benzene rings is 1. The fraction of sp³-hybridized carbons (Fsp3) is 0.545. The molecule has 2 aliphatic heterocycles. The smallest absolute Gasteiger partial charge is 0.219 e. The molecule has 0 atom stereocenters. The molecule has 6 nitrogen and oxygen atoms in total. The maximum Gasteiger partial charge on any atom is 0.219 e. The van der Waals surface area contributed by atoms with Gasteiger partial charge in [-0.1, -0.05) is 26.0 Å². The third-order valence-corrected chi connectivity index (χ3v) is 5.93. The summed E-state index contributed by atoms with van der Waals surface area (Å²) in [6, 6.07) is 8.16. The average Bonchev–Trinajstić information content (AvgIpc) is 3.08. The lowest BCUT2D eigenvalue weighted by atomic mass is 9.83. The van der Waals surface area contributed by atoms with E-state index in [0.717, 1.165) is 47.9 Å².